The van der Waals surface area contributed by atoms with Gasteiger partial charge in [0.1, 0.15) is 34.5 Å². The Morgan fingerprint density at radius 3 is 2.58 bits per heavy atom. The summed E-state index contributed by atoms with van der Waals surface area (Å²) in [6.45, 7) is 2.28. The van der Waals surface area contributed by atoms with Gasteiger partial charge in [-0.25, -0.2) is 9.78 Å². The van der Waals surface area contributed by atoms with E-state index >= 15 is 0 Å². The highest BCUT2D eigenvalue weighted by molar-refractivity contribution is 5.97. The summed E-state index contributed by atoms with van der Waals surface area (Å²) in [7, 11) is 1.62. The van der Waals surface area contributed by atoms with Crippen LogP contribution in [0.4, 0.5) is 5.82 Å². The first-order valence-electron chi connectivity index (χ1n) is 15.1. The Kier molecular flexibility index (Phi) is 8.69. The van der Waals surface area contributed by atoms with E-state index in [9.17, 15) is 14.9 Å². The average molecular weight is 609 g/mol. The molecule has 0 spiro atoms. The maximum atomic E-state index is 14.2. The van der Waals surface area contributed by atoms with Crippen LogP contribution < -0.4 is 16.2 Å². The Labute approximate surface area is 261 Å². The third-order valence-electron chi connectivity index (χ3n) is 8.66. The number of nitrogen functional groups attached to an aromatic ring is 1. The van der Waals surface area contributed by atoms with Crippen molar-refractivity contribution in [2.75, 3.05) is 45.8 Å². The fraction of sp³-hybridized carbons (Fsp3) is 0.353. The van der Waals surface area contributed by atoms with Crippen LogP contribution in [0.25, 0.3) is 16.7 Å². The summed E-state index contributed by atoms with van der Waals surface area (Å²) in [6.07, 6.45) is 6.07. The second-order valence-corrected chi connectivity index (χ2v) is 11.6. The number of carbonyl (C=O) groups is 1. The van der Waals surface area contributed by atoms with Gasteiger partial charge in [0.05, 0.1) is 23.9 Å². The molecule has 0 bridgehead atoms. The first-order valence-corrected chi connectivity index (χ1v) is 15.1. The van der Waals surface area contributed by atoms with Gasteiger partial charge in [-0.15, -0.1) is 0 Å². The Bertz CT molecular complexity index is 1790. The summed E-state index contributed by atoms with van der Waals surface area (Å²) < 4.78 is 20.2. The second kappa shape index (κ2) is 13.0. The van der Waals surface area contributed by atoms with E-state index in [2.05, 4.69) is 11.1 Å². The number of rotatable bonds is 8. The lowest BCUT2D eigenvalue weighted by atomic mass is 9.79. The number of likely N-dealkylation sites (tertiary alicyclic amines) is 1. The number of imidazole rings is 1. The second-order valence-electron chi connectivity index (χ2n) is 11.6. The van der Waals surface area contributed by atoms with E-state index in [0.29, 0.717) is 80.3 Å². The van der Waals surface area contributed by atoms with Gasteiger partial charge in [-0.3, -0.25) is 13.9 Å². The molecular formula is C34H36N6O5. The zero-order valence-electron chi connectivity index (χ0n) is 25.2. The van der Waals surface area contributed by atoms with Crippen LogP contribution in [0.1, 0.15) is 31.7 Å². The van der Waals surface area contributed by atoms with Crippen LogP contribution in [0.3, 0.4) is 0 Å². The molecule has 4 heterocycles. The number of hydrogen-bond donors (Lipinski definition) is 1. The predicted molar refractivity (Wildman–Crippen MR) is 169 cm³/mol. The van der Waals surface area contributed by atoms with Crippen molar-refractivity contribution in [3.8, 4) is 23.3 Å². The van der Waals surface area contributed by atoms with E-state index in [-0.39, 0.29) is 35.6 Å². The minimum absolute atomic E-state index is 0.0932. The summed E-state index contributed by atoms with van der Waals surface area (Å²) in [5, 5.41) is 10.0. The van der Waals surface area contributed by atoms with Crippen molar-refractivity contribution >= 4 is 22.8 Å². The number of nitriles is 1. The van der Waals surface area contributed by atoms with Crippen molar-refractivity contribution in [3.63, 3.8) is 0 Å². The third-order valence-corrected chi connectivity index (χ3v) is 8.66. The monoisotopic (exact) mass is 608 g/mol. The van der Waals surface area contributed by atoms with Gasteiger partial charge in [-0.05, 0) is 68.1 Å². The van der Waals surface area contributed by atoms with Gasteiger partial charge in [-0.2, -0.15) is 5.26 Å². The maximum Gasteiger partial charge on any atom is 0.334 e. The number of benzene rings is 2. The molecule has 0 saturated carbocycles. The highest BCUT2D eigenvalue weighted by Gasteiger charge is 2.35. The number of hydrogen-bond acceptors (Lipinski definition) is 8. The number of pyridine rings is 1. The fourth-order valence-corrected chi connectivity index (χ4v) is 6.43. The van der Waals surface area contributed by atoms with Gasteiger partial charge >= 0.3 is 5.69 Å². The highest BCUT2D eigenvalue weighted by Crippen LogP contribution is 2.35. The van der Waals surface area contributed by atoms with Gasteiger partial charge < -0.3 is 24.8 Å². The van der Waals surface area contributed by atoms with Crippen molar-refractivity contribution in [2.45, 2.75) is 31.7 Å². The number of nitrogens with zero attached hydrogens (tertiary/aromatic N) is 5. The zero-order valence-corrected chi connectivity index (χ0v) is 25.2. The number of ether oxygens (including phenoxy) is 3. The Morgan fingerprint density at radius 1 is 1.13 bits per heavy atom. The summed E-state index contributed by atoms with van der Waals surface area (Å²) in [5.74, 6) is 1.23. The molecule has 0 radical (unpaired) electrons. The summed E-state index contributed by atoms with van der Waals surface area (Å²) >= 11 is 0. The number of piperidine rings is 1. The lowest BCUT2D eigenvalue weighted by molar-refractivity contribution is -0.128. The minimum Gasteiger partial charge on any atom is -0.457 e. The van der Waals surface area contributed by atoms with Gasteiger partial charge in [0, 0.05) is 45.0 Å². The smallest absolute Gasteiger partial charge is 0.334 e. The van der Waals surface area contributed by atoms with Crippen LogP contribution in [-0.2, 0) is 14.3 Å². The summed E-state index contributed by atoms with van der Waals surface area (Å²) in [5.41, 5.74) is 7.49. The van der Waals surface area contributed by atoms with Crippen LogP contribution in [-0.4, -0.2) is 64.9 Å². The van der Waals surface area contributed by atoms with Crippen LogP contribution in [0.2, 0.25) is 0 Å². The van der Waals surface area contributed by atoms with Gasteiger partial charge in [0.2, 0.25) is 0 Å². The normalized spacial score (nSPS) is 18.4. The molecule has 2 aliphatic rings. The van der Waals surface area contributed by atoms with Crippen molar-refractivity contribution in [2.24, 2.45) is 5.41 Å². The standard InChI is InChI=1S/C34H36N6O5/c1-43-23-34(14-18-44-19-15-34)20-24(21-35)32(41)38-17-5-6-26(22-38)39-29-13-16-37-31(36)30(29)40(33(39)42)25-9-11-28(12-10-25)45-27-7-3-2-4-8-27/h2-4,7-13,16,20,26H,5-6,14-15,17-19,22-23H2,1H3,(H2,36,37). The molecule has 2 aromatic carbocycles. The van der Waals surface area contributed by atoms with E-state index in [1.165, 1.54) is 0 Å². The molecule has 1 unspecified atom stereocenters. The lowest BCUT2D eigenvalue weighted by Gasteiger charge is -2.35. The SMILES string of the molecule is COCC1(C=C(C#N)C(=O)N2CCCC(n3c(=O)n(-c4ccc(Oc5ccccc5)cc4)c4c(N)nccc43)C2)CCOCC1. The summed E-state index contributed by atoms with van der Waals surface area (Å²) in [6, 6.07) is 20.3. The highest BCUT2D eigenvalue weighted by atomic mass is 16.5. The number of carbonyl (C=O) groups excluding carboxylic acids is 1. The molecule has 6 rings (SSSR count). The molecule has 1 amide bonds. The molecule has 1 atom stereocenters. The van der Waals surface area contributed by atoms with Crippen LogP contribution in [0.5, 0.6) is 11.5 Å². The Hall–Kier alpha value is -4.92. The minimum atomic E-state index is -0.431. The molecule has 45 heavy (non-hydrogen) atoms. The molecule has 2 aromatic heterocycles. The van der Waals surface area contributed by atoms with Crippen LogP contribution in [0, 0.1) is 16.7 Å². The lowest BCUT2D eigenvalue weighted by Crippen LogP contribution is -2.43. The Balaban J connectivity index is 1.31. The molecule has 2 saturated heterocycles. The molecule has 2 fully saturated rings. The maximum absolute atomic E-state index is 14.2. The molecule has 11 nitrogen and oxygen atoms in total. The number of amides is 1. The Morgan fingerprint density at radius 2 is 1.87 bits per heavy atom. The fourth-order valence-electron chi connectivity index (χ4n) is 6.43. The number of anilines is 1. The van der Waals surface area contributed by atoms with Gasteiger partial charge in [0.15, 0.2) is 0 Å². The molecule has 11 heteroatoms. The van der Waals surface area contributed by atoms with Crippen LogP contribution >= 0.6 is 0 Å². The van der Waals surface area contributed by atoms with Gasteiger partial charge in [-0.1, -0.05) is 24.3 Å². The van der Waals surface area contributed by atoms with Crippen molar-refractivity contribution < 1.29 is 19.0 Å². The quantitative estimate of drug-likeness (QED) is 0.226. The number of nitrogens with two attached hydrogens (primary N) is 1. The molecule has 2 N–H and O–H groups in total. The third kappa shape index (κ3) is 6.07. The van der Waals surface area contributed by atoms with E-state index in [4.69, 9.17) is 19.9 Å². The predicted octanol–water partition coefficient (Wildman–Crippen LogP) is 4.62. The topological polar surface area (TPSA) is 138 Å². The van der Waals surface area contributed by atoms with E-state index < -0.39 is 5.41 Å². The number of fused-ring (bicyclic) bond motifs is 1. The van der Waals surface area contributed by atoms with E-state index in [1.807, 2.05) is 42.5 Å². The van der Waals surface area contributed by atoms with Gasteiger partial charge in [0.25, 0.3) is 5.91 Å². The van der Waals surface area contributed by atoms with E-state index in [1.54, 1.807) is 51.6 Å². The molecule has 2 aliphatic heterocycles. The number of aromatic nitrogens is 3. The number of methoxy groups -OCH3 is 1. The van der Waals surface area contributed by atoms with E-state index in [0.717, 1.165) is 0 Å². The van der Waals surface area contributed by atoms with Crippen LogP contribution in [0.15, 0.2) is 83.3 Å². The average Bonchev–Trinajstić information content (AvgIpc) is 3.37. The molecule has 0 aliphatic carbocycles. The molecule has 232 valence electrons. The molecule has 4 aromatic rings. The van der Waals surface area contributed by atoms with Crippen molar-refractivity contribution in [1.29, 1.82) is 5.26 Å². The first kappa shape index (κ1) is 30.1. The van der Waals surface area contributed by atoms with Crippen molar-refractivity contribution in [1.82, 2.24) is 19.0 Å². The zero-order chi connectivity index (χ0) is 31.4. The summed E-state index contributed by atoms with van der Waals surface area (Å²) in [4.78, 5) is 33.9. The first-order chi connectivity index (χ1) is 21.9. The molecular weight excluding hydrogens is 572 g/mol. The number of para-hydroxylation sites is 1. The largest absolute Gasteiger partial charge is 0.457 e. The van der Waals surface area contributed by atoms with Crippen molar-refractivity contribution in [3.05, 3.63) is 89.0 Å².